The van der Waals surface area contributed by atoms with Crippen LogP contribution >= 0.6 is 0 Å². The fourth-order valence-electron chi connectivity index (χ4n) is 6.87. The fraction of sp³-hybridized carbons (Fsp3) is 0.514. The van der Waals surface area contributed by atoms with Crippen LogP contribution in [0.25, 0.3) is 0 Å². The van der Waals surface area contributed by atoms with Gasteiger partial charge in [-0.3, -0.25) is 14.5 Å². The summed E-state index contributed by atoms with van der Waals surface area (Å²) in [5.74, 6) is 0.896. The number of hydrogen-bond donors (Lipinski definition) is 2. The molecular weight excluding hydrogens is 644 g/mol. The first-order valence-corrected chi connectivity index (χ1v) is 17.3. The summed E-state index contributed by atoms with van der Waals surface area (Å²) in [5, 5.41) is 14.3. The van der Waals surface area contributed by atoms with E-state index in [-0.39, 0.29) is 49.0 Å². The smallest absolute Gasteiger partial charge is 0.410 e. The number of hydrogen-bond acceptors (Lipinski definition) is 10. The number of benzene rings is 2. The average Bonchev–Trinajstić information content (AvgIpc) is 3.61. The van der Waals surface area contributed by atoms with E-state index >= 15 is 0 Å². The quantitative estimate of drug-likeness (QED) is 0.311. The molecule has 4 atom stereocenters. The molecule has 3 amide bonds. The Labute approximate surface area is 291 Å². The van der Waals surface area contributed by atoms with Gasteiger partial charge in [-0.15, -0.1) is 0 Å². The summed E-state index contributed by atoms with van der Waals surface area (Å²) in [7, 11) is 0. The van der Waals surface area contributed by atoms with E-state index in [9.17, 15) is 19.5 Å². The number of oxazole rings is 1. The van der Waals surface area contributed by atoms with Crippen molar-refractivity contribution in [2.45, 2.75) is 96.4 Å². The van der Waals surface area contributed by atoms with Crippen LogP contribution in [-0.4, -0.2) is 94.0 Å². The van der Waals surface area contributed by atoms with E-state index in [1.807, 2.05) is 30.0 Å². The van der Waals surface area contributed by atoms with Crippen molar-refractivity contribution in [3.63, 3.8) is 0 Å². The van der Waals surface area contributed by atoms with Crippen LogP contribution in [0.5, 0.6) is 11.5 Å². The molecule has 3 aliphatic rings. The third-order valence-corrected chi connectivity index (χ3v) is 9.25. The van der Waals surface area contributed by atoms with Gasteiger partial charge in [-0.05, 0) is 94.8 Å². The fourth-order valence-corrected chi connectivity index (χ4v) is 6.87. The molecule has 3 aliphatic heterocycles. The van der Waals surface area contributed by atoms with Crippen LogP contribution in [0.4, 0.5) is 4.79 Å². The predicted molar refractivity (Wildman–Crippen MR) is 181 cm³/mol. The van der Waals surface area contributed by atoms with Gasteiger partial charge >= 0.3 is 6.09 Å². The minimum absolute atomic E-state index is 0.0440. The van der Waals surface area contributed by atoms with Crippen molar-refractivity contribution in [1.82, 2.24) is 20.1 Å². The van der Waals surface area contributed by atoms with Crippen molar-refractivity contribution in [2.75, 3.05) is 26.4 Å². The molecule has 0 spiro atoms. The lowest BCUT2D eigenvalue weighted by atomic mass is 9.91. The molecule has 2 fully saturated rings. The summed E-state index contributed by atoms with van der Waals surface area (Å²) in [5.41, 5.74) is 1.73. The van der Waals surface area contributed by atoms with Gasteiger partial charge in [0.05, 0.1) is 55.8 Å². The Balaban J connectivity index is 1.15. The SMILES string of the molecule is CCOc1cc(C(=O)N2C3CCCC2COC3)ccc1C(=O)NC[C@@H](O)[C@@H]1Cc2ccc(OCc3cnco3)cc2CN1C(=O)OC(C)(C)C. The highest BCUT2D eigenvalue weighted by molar-refractivity contribution is 6.00. The summed E-state index contributed by atoms with van der Waals surface area (Å²) in [4.78, 5) is 47.9. The van der Waals surface area contributed by atoms with Crippen LogP contribution in [0.3, 0.4) is 0 Å². The molecule has 4 heterocycles. The van der Waals surface area contributed by atoms with Crippen LogP contribution in [0.1, 0.15) is 84.6 Å². The molecule has 50 heavy (non-hydrogen) atoms. The Bertz CT molecular complexity index is 1650. The number of nitrogens with zero attached hydrogens (tertiary/aromatic N) is 3. The lowest BCUT2D eigenvalue weighted by molar-refractivity contribution is -0.0566. The van der Waals surface area contributed by atoms with Gasteiger partial charge < -0.3 is 38.7 Å². The maximum atomic E-state index is 13.6. The molecule has 2 N–H and O–H groups in total. The molecule has 0 saturated carbocycles. The van der Waals surface area contributed by atoms with Crippen molar-refractivity contribution in [2.24, 2.45) is 0 Å². The lowest BCUT2D eigenvalue weighted by Gasteiger charge is -2.45. The van der Waals surface area contributed by atoms with E-state index in [2.05, 4.69) is 10.3 Å². The maximum absolute atomic E-state index is 13.6. The van der Waals surface area contributed by atoms with Crippen molar-refractivity contribution in [3.05, 3.63) is 77.0 Å². The molecule has 2 aromatic carbocycles. The minimum atomic E-state index is -1.13. The number of morpholine rings is 1. The second-order valence-electron chi connectivity index (χ2n) is 14.0. The lowest BCUT2D eigenvalue weighted by Crippen LogP contribution is -2.57. The third-order valence-electron chi connectivity index (χ3n) is 9.25. The highest BCUT2D eigenvalue weighted by Gasteiger charge is 2.39. The molecule has 2 unspecified atom stereocenters. The Kier molecular flexibility index (Phi) is 10.6. The van der Waals surface area contributed by atoms with Gasteiger partial charge in [0.25, 0.3) is 11.8 Å². The highest BCUT2D eigenvalue weighted by atomic mass is 16.6. The second kappa shape index (κ2) is 15.1. The normalized spacial score (nSPS) is 20.8. The van der Waals surface area contributed by atoms with Gasteiger partial charge in [-0.2, -0.15) is 0 Å². The summed E-state index contributed by atoms with van der Waals surface area (Å²) in [6.45, 7) is 8.75. The molecule has 3 aromatic rings. The first kappa shape index (κ1) is 35.2. The van der Waals surface area contributed by atoms with Crippen LogP contribution in [-0.2, 0) is 29.0 Å². The van der Waals surface area contributed by atoms with Gasteiger partial charge in [0.2, 0.25) is 0 Å². The van der Waals surface area contributed by atoms with Crippen LogP contribution < -0.4 is 14.8 Å². The zero-order valence-corrected chi connectivity index (χ0v) is 29.1. The van der Waals surface area contributed by atoms with Crippen molar-refractivity contribution in [1.29, 1.82) is 0 Å². The highest BCUT2D eigenvalue weighted by Crippen LogP contribution is 2.32. The number of aliphatic hydroxyl groups excluding tert-OH is 1. The van der Waals surface area contributed by atoms with Gasteiger partial charge in [0.1, 0.15) is 23.7 Å². The Morgan fingerprint density at radius 1 is 1.06 bits per heavy atom. The maximum Gasteiger partial charge on any atom is 0.410 e. The van der Waals surface area contributed by atoms with Gasteiger partial charge in [0.15, 0.2) is 12.2 Å². The molecule has 0 aliphatic carbocycles. The number of amides is 3. The summed E-state index contributed by atoms with van der Waals surface area (Å²) < 4.78 is 28.4. The second-order valence-corrected chi connectivity index (χ2v) is 14.0. The zero-order chi connectivity index (χ0) is 35.4. The number of aliphatic hydroxyl groups is 1. The number of nitrogens with one attached hydrogen (secondary N) is 1. The summed E-state index contributed by atoms with van der Waals surface area (Å²) >= 11 is 0. The summed E-state index contributed by atoms with van der Waals surface area (Å²) in [6.07, 6.45) is 4.43. The molecule has 268 valence electrons. The van der Waals surface area contributed by atoms with Crippen LogP contribution in [0.15, 0.2) is 53.4 Å². The molecule has 2 saturated heterocycles. The molecule has 2 bridgehead atoms. The molecule has 0 radical (unpaired) electrons. The van der Waals surface area contributed by atoms with Gasteiger partial charge in [0, 0.05) is 18.7 Å². The predicted octanol–water partition coefficient (Wildman–Crippen LogP) is 4.50. The molecule has 13 heteroatoms. The van der Waals surface area contributed by atoms with Crippen molar-refractivity contribution >= 4 is 17.9 Å². The van der Waals surface area contributed by atoms with Crippen LogP contribution in [0, 0.1) is 0 Å². The number of carbonyl (C=O) groups excluding carboxylic acids is 3. The number of rotatable bonds is 10. The Morgan fingerprint density at radius 2 is 1.84 bits per heavy atom. The first-order valence-electron chi connectivity index (χ1n) is 17.3. The van der Waals surface area contributed by atoms with E-state index in [1.165, 1.54) is 11.3 Å². The average molecular weight is 691 g/mol. The number of fused-ring (bicyclic) bond motifs is 3. The number of piperidine rings is 1. The zero-order valence-electron chi connectivity index (χ0n) is 29.1. The molecule has 13 nitrogen and oxygen atoms in total. The Hall–Kier alpha value is -4.62. The third kappa shape index (κ3) is 8.05. The van der Waals surface area contributed by atoms with Crippen molar-refractivity contribution in [3.8, 4) is 11.5 Å². The minimum Gasteiger partial charge on any atom is -0.493 e. The van der Waals surface area contributed by atoms with E-state index in [0.717, 1.165) is 30.4 Å². The van der Waals surface area contributed by atoms with Gasteiger partial charge in [-0.25, -0.2) is 9.78 Å². The number of aromatic nitrogens is 1. The first-order chi connectivity index (χ1) is 24.0. The Morgan fingerprint density at radius 3 is 2.54 bits per heavy atom. The summed E-state index contributed by atoms with van der Waals surface area (Å²) in [6, 6.07) is 9.87. The van der Waals surface area contributed by atoms with Gasteiger partial charge in [-0.1, -0.05) is 6.07 Å². The van der Waals surface area contributed by atoms with E-state index in [0.29, 0.717) is 43.3 Å². The molecular formula is C37H46N4O9. The topological polar surface area (TPSA) is 153 Å². The number of ether oxygens (including phenoxy) is 4. The monoisotopic (exact) mass is 690 g/mol. The van der Waals surface area contributed by atoms with Crippen LogP contribution in [0.2, 0.25) is 0 Å². The van der Waals surface area contributed by atoms with E-state index in [4.69, 9.17) is 23.4 Å². The largest absolute Gasteiger partial charge is 0.493 e. The van der Waals surface area contributed by atoms with E-state index < -0.39 is 29.7 Å². The van der Waals surface area contributed by atoms with E-state index in [1.54, 1.807) is 45.2 Å². The standard InChI is InChI=1S/C37H46N4O9/c1-5-47-33-15-24(35(44)41-26-7-6-8-27(41)20-46-19-26)10-12-30(33)34(43)39-17-32(42)31-14-23-9-11-28(48-21-29-16-38-22-49-29)13-25(23)18-40(31)36(45)50-37(2,3)4/h9-13,15-16,22,26-27,31-32,42H,5-8,14,17-21H2,1-4H3,(H,39,43)/t26?,27?,31-,32+/m0/s1. The number of carbonyl (C=O) groups is 3. The molecule has 6 rings (SSSR count). The van der Waals surface area contributed by atoms with Crippen molar-refractivity contribution < 1.29 is 42.9 Å². The molecule has 1 aromatic heterocycles.